The number of carbonyl (C=O) groups excluding carboxylic acids is 4. The zero-order valence-electron chi connectivity index (χ0n) is 19.1. The van der Waals surface area contributed by atoms with Crippen molar-refractivity contribution in [3.05, 3.63) is 0 Å². The first-order valence-electron chi connectivity index (χ1n) is 10.9. The molecule has 184 valence electrons. The highest BCUT2D eigenvalue weighted by molar-refractivity contribution is 5.75. The highest BCUT2D eigenvalue weighted by atomic mass is 16.7. The van der Waals surface area contributed by atoms with Crippen LogP contribution in [0, 0.1) is 5.92 Å². The number of ether oxygens (including phenoxy) is 5. The summed E-state index contributed by atoms with van der Waals surface area (Å²) in [5, 5.41) is 2.79. The van der Waals surface area contributed by atoms with Crippen LogP contribution in [-0.2, 0) is 42.9 Å². The molecule has 0 saturated carbocycles. The first-order chi connectivity index (χ1) is 15.2. The summed E-state index contributed by atoms with van der Waals surface area (Å²) < 4.78 is 27.2. The zero-order valence-corrected chi connectivity index (χ0v) is 19.1. The number of carbonyl (C=O) groups is 4. The highest BCUT2D eigenvalue weighted by Gasteiger charge is 2.42. The van der Waals surface area contributed by atoms with Crippen LogP contribution in [-0.4, -0.2) is 75.2 Å². The molecule has 0 spiro atoms. The van der Waals surface area contributed by atoms with Crippen molar-refractivity contribution in [1.82, 2.24) is 5.32 Å². The summed E-state index contributed by atoms with van der Waals surface area (Å²) in [5.41, 5.74) is 5.39. The molecule has 0 radical (unpaired) electrons. The molecule has 0 aromatic carbocycles. The average Bonchev–Trinajstić information content (AvgIpc) is 2.71. The van der Waals surface area contributed by atoms with Crippen LogP contribution in [0.15, 0.2) is 0 Å². The van der Waals surface area contributed by atoms with Crippen LogP contribution in [0.3, 0.4) is 0 Å². The van der Waals surface area contributed by atoms with Crippen molar-refractivity contribution in [2.75, 3.05) is 32.9 Å². The summed E-state index contributed by atoms with van der Waals surface area (Å²) in [6, 6.07) is 0. The molecule has 1 amide bonds. The third-order valence-electron chi connectivity index (χ3n) is 4.71. The van der Waals surface area contributed by atoms with Crippen LogP contribution in [0.1, 0.15) is 52.9 Å². The summed E-state index contributed by atoms with van der Waals surface area (Å²) in [6.07, 6.45) is 0.538. The lowest BCUT2D eigenvalue weighted by Crippen LogP contribution is -2.51. The predicted octanol–water partition coefficient (Wildman–Crippen LogP) is 0.427. The molecule has 0 aromatic heterocycles. The fourth-order valence-corrected chi connectivity index (χ4v) is 3.23. The van der Waals surface area contributed by atoms with E-state index in [1.54, 1.807) is 0 Å². The van der Waals surface area contributed by atoms with Crippen LogP contribution in [0.2, 0.25) is 0 Å². The van der Waals surface area contributed by atoms with Crippen LogP contribution >= 0.6 is 0 Å². The first-order valence-corrected chi connectivity index (χ1v) is 10.9. The number of esters is 3. The van der Waals surface area contributed by atoms with Crippen molar-refractivity contribution >= 4 is 23.8 Å². The molecule has 32 heavy (non-hydrogen) atoms. The van der Waals surface area contributed by atoms with E-state index in [2.05, 4.69) is 5.32 Å². The number of nitrogens with two attached hydrogens (primary N) is 1. The molecule has 0 bridgehead atoms. The van der Waals surface area contributed by atoms with Gasteiger partial charge < -0.3 is 34.7 Å². The number of rotatable bonds is 14. The van der Waals surface area contributed by atoms with Crippen LogP contribution in [0.5, 0.6) is 0 Å². The molecule has 11 nitrogen and oxygen atoms in total. The van der Waals surface area contributed by atoms with E-state index < -0.39 is 42.3 Å². The zero-order chi connectivity index (χ0) is 23.9. The SMILES string of the molecule is CC(=O)OC[C@@H]1C[C@H](OCCCCC(=O)NCCCN)O[C@H](COC(C)=O)[C@@H]1OC(C)=O. The second-order valence-corrected chi connectivity index (χ2v) is 7.60. The number of hydrogen-bond donors (Lipinski definition) is 2. The Labute approximate surface area is 188 Å². The fraction of sp³-hybridized carbons (Fsp3) is 0.810. The van der Waals surface area contributed by atoms with Gasteiger partial charge in [0.1, 0.15) is 18.8 Å². The molecule has 3 N–H and O–H groups in total. The Hall–Kier alpha value is -2.24. The monoisotopic (exact) mass is 460 g/mol. The van der Waals surface area contributed by atoms with E-state index in [1.165, 1.54) is 20.8 Å². The van der Waals surface area contributed by atoms with Gasteiger partial charge in [0.25, 0.3) is 0 Å². The van der Waals surface area contributed by atoms with Gasteiger partial charge in [-0.15, -0.1) is 0 Å². The second-order valence-electron chi connectivity index (χ2n) is 7.60. The van der Waals surface area contributed by atoms with Crippen LogP contribution in [0.4, 0.5) is 0 Å². The summed E-state index contributed by atoms with van der Waals surface area (Å²) >= 11 is 0. The fourth-order valence-electron chi connectivity index (χ4n) is 3.23. The van der Waals surface area contributed by atoms with E-state index in [0.29, 0.717) is 45.4 Å². The highest BCUT2D eigenvalue weighted by Crippen LogP contribution is 2.30. The van der Waals surface area contributed by atoms with Crippen molar-refractivity contribution < 1.29 is 42.9 Å². The van der Waals surface area contributed by atoms with Gasteiger partial charge in [-0.2, -0.15) is 0 Å². The third-order valence-corrected chi connectivity index (χ3v) is 4.71. The molecule has 1 aliphatic heterocycles. The largest absolute Gasteiger partial charge is 0.465 e. The van der Waals surface area contributed by atoms with Gasteiger partial charge in [-0.1, -0.05) is 0 Å². The molecular weight excluding hydrogens is 424 g/mol. The van der Waals surface area contributed by atoms with E-state index in [1.807, 2.05) is 0 Å². The normalized spacial score (nSPS) is 22.6. The molecule has 1 saturated heterocycles. The summed E-state index contributed by atoms with van der Waals surface area (Å²) in [6.45, 7) is 5.14. The van der Waals surface area contributed by atoms with Crippen LogP contribution < -0.4 is 11.1 Å². The molecule has 0 aliphatic carbocycles. The lowest BCUT2D eigenvalue weighted by molar-refractivity contribution is -0.256. The van der Waals surface area contributed by atoms with Gasteiger partial charge in [-0.3, -0.25) is 19.2 Å². The van der Waals surface area contributed by atoms with Crippen molar-refractivity contribution in [3.8, 4) is 0 Å². The maximum atomic E-state index is 11.7. The van der Waals surface area contributed by atoms with Gasteiger partial charge in [0.2, 0.25) is 5.91 Å². The van der Waals surface area contributed by atoms with Crippen LogP contribution in [0.25, 0.3) is 0 Å². The number of nitrogens with one attached hydrogen (secondary N) is 1. The summed E-state index contributed by atoms with van der Waals surface area (Å²) in [7, 11) is 0. The molecule has 4 atom stereocenters. The van der Waals surface area contributed by atoms with E-state index in [9.17, 15) is 19.2 Å². The standard InChI is InChI=1S/C21H36N2O9/c1-14(24)29-12-17-11-20(28-10-5-4-7-19(27)23-9-6-8-22)32-18(13-30-15(2)25)21(17)31-16(3)26/h17-18,20-21H,4-13,22H2,1-3H3,(H,23,27)/t17-,18+,20+,21+/m0/s1. The van der Waals surface area contributed by atoms with E-state index in [-0.39, 0.29) is 19.1 Å². The first kappa shape index (κ1) is 27.8. The van der Waals surface area contributed by atoms with Gasteiger partial charge in [0.05, 0.1) is 6.61 Å². The molecule has 1 heterocycles. The lowest BCUT2D eigenvalue weighted by Gasteiger charge is -2.40. The number of amides is 1. The summed E-state index contributed by atoms with van der Waals surface area (Å²) in [4.78, 5) is 45.8. The van der Waals surface area contributed by atoms with Crippen molar-refractivity contribution in [2.24, 2.45) is 11.7 Å². The molecule has 0 unspecified atom stereocenters. The molecule has 1 aliphatic rings. The topological polar surface area (TPSA) is 152 Å². The van der Waals surface area contributed by atoms with Crippen molar-refractivity contribution in [3.63, 3.8) is 0 Å². The van der Waals surface area contributed by atoms with E-state index in [0.717, 1.165) is 6.42 Å². The Balaban J connectivity index is 2.60. The number of unbranched alkanes of at least 4 members (excludes halogenated alkanes) is 1. The maximum absolute atomic E-state index is 11.7. The Bertz CT molecular complexity index is 586. The number of hydrogen-bond acceptors (Lipinski definition) is 10. The molecular formula is C21H36N2O9. The minimum Gasteiger partial charge on any atom is -0.465 e. The molecule has 0 aromatic rings. The Morgan fingerprint density at radius 1 is 0.969 bits per heavy atom. The maximum Gasteiger partial charge on any atom is 0.303 e. The average molecular weight is 461 g/mol. The minimum atomic E-state index is -0.768. The van der Waals surface area contributed by atoms with Gasteiger partial charge in [0, 0.05) is 52.7 Å². The van der Waals surface area contributed by atoms with Gasteiger partial charge in [-0.05, 0) is 25.8 Å². The molecule has 1 rings (SSSR count). The molecule has 11 heteroatoms. The van der Waals surface area contributed by atoms with Gasteiger partial charge >= 0.3 is 17.9 Å². The van der Waals surface area contributed by atoms with Crippen molar-refractivity contribution in [1.29, 1.82) is 0 Å². The van der Waals surface area contributed by atoms with E-state index >= 15 is 0 Å². The van der Waals surface area contributed by atoms with E-state index in [4.69, 9.17) is 29.4 Å². The Morgan fingerprint density at radius 2 is 1.66 bits per heavy atom. The Morgan fingerprint density at radius 3 is 2.28 bits per heavy atom. The van der Waals surface area contributed by atoms with Gasteiger partial charge in [-0.25, -0.2) is 0 Å². The lowest BCUT2D eigenvalue weighted by atomic mass is 9.92. The third kappa shape index (κ3) is 12.0. The smallest absolute Gasteiger partial charge is 0.303 e. The predicted molar refractivity (Wildman–Crippen MR) is 112 cm³/mol. The quantitative estimate of drug-likeness (QED) is 0.212. The van der Waals surface area contributed by atoms with Crippen molar-refractivity contribution in [2.45, 2.75) is 71.4 Å². The Kier molecular flexibility index (Phi) is 13.5. The molecule has 1 fully saturated rings. The minimum absolute atomic E-state index is 0.00996. The summed E-state index contributed by atoms with van der Waals surface area (Å²) in [5.74, 6) is -1.91. The van der Waals surface area contributed by atoms with Gasteiger partial charge in [0.15, 0.2) is 6.29 Å². The second kappa shape index (κ2) is 15.5.